The fourth-order valence-electron chi connectivity index (χ4n) is 5.81. The van der Waals surface area contributed by atoms with Crippen LogP contribution in [0.15, 0.2) is 139 Å². The third-order valence-corrected chi connectivity index (χ3v) is 8.10. The molecular formula is C37H26ClFN4O. The van der Waals surface area contributed by atoms with Gasteiger partial charge in [-0.2, -0.15) is 5.10 Å². The van der Waals surface area contributed by atoms with Crippen LogP contribution in [0.4, 0.5) is 10.1 Å². The highest BCUT2D eigenvalue weighted by molar-refractivity contribution is 6.31. The van der Waals surface area contributed by atoms with Crippen LogP contribution >= 0.6 is 11.6 Å². The maximum Gasteiger partial charge on any atom is 0.249 e. The number of fused-ring (bicyclic) bond motifs is 1. The SMILES string of the molecule is O=C1CN=C(c2ccccc2)c2ccc(Cl)cc2N1C(c1ccc(-c2ccccc2)cc1)c1cn[nH]c1-c1ccccc1F. The number of carbonyl (C=O) groups is 1. The minimum Gasteiger partial charge on any atom is -0.298 e. The number of H-pyrrole nitrogens is 1. The Morgan fingerprint density at radius 1 is 0.750 bits per heavy atom. The minimum atomic E-state index is -0.678. The first-order valence-electron chi connectivity index (χ1n) is 14.2. The number of aromatic amines is 1. The third-order valence-electron chi connectivity index (χ3n) is 7.86. The number of hydrogen-bond acceptors (Lipinski definition) is 3. The van der Waals surface area contributed by atoms with Gasteiger partial charge in [-0.15, -0.1) is 0 Å². The summed E-state index contributed by atoms with van der Waals surface area (Å²) < 4.78 is 15.2. The Morgan fingerprint density at radius 3 is 2.14 bits per heavy atom. The Hall–Kier alpha value is -5.33. The molecule has 214 valence electrons. The van der Waals surface area contributed by atoms with E-state index in [-0.39, 0.29) is 12.5 Å². The molecule has 1 amide bonds. The zero-order chi connectivity index (χ0) is 30.0. The maximum atomic E-state index is 15.2. The number of nitrogens with one attached hydrogen (secondary N) is 1. The number of hydrogen-bond donors (Lipinski definition) is 1. The van der Waals surface area contributed by atoms with Gasteiger partial charge in [0.05, 0.1) is 29.3 Å². The number of aromatic nitrogens is 2. The molecule has 7 heteroatoms. The van der Waals surface area contributed by atoms with Crippen molar-refractivity contribution < 1.29 is 9.18 Å². The number of aliphatic imine (C=N–C) groups is 1. The van der Waals surface area contributed by atoms with Crippen molar-refractivity contribution in [2.75, 3.05) is 11.4 Å². The molecular weight excluding hydrogens is 571 g/mol. The average Bonchev–Trinajstić information content (AvgIpc) is 3.49. The summed E-state index contributed by atoms with van der Waals surface area (Å²) in [4.78, 5) is 20.8. The predicted molar refractivity (Wildman–Crippen MR) is 174 cm³/mol. The Bertz CT molecular complexity index is 1990. The second-order valence-corrected chi connectivity index (χ2v) is 11.0. The molecule has 0 bridgehead atoms. The lowest BCUT2D eigenvalue weighted by Gasteiger charge is -2.33. The van der Waals surface area contributed by atoms with E-state index in [0.29, 0.717) is 33.2 Å². The maximum absolute atomic E-state index is 15.2. The number of carbonyl (C=O) groups excluding carboxylic acids is 1. The van der Waals surface area contributed by atoms with E-state index >= 15 is 4.39 Å². The van der Waals surface area contributed by atoms with Gasteiger partial charge >= 0.3 is 0 Å². The van der Waals surface area contributed by atoms with Gasteiger partial charge < -0.3 is 0 Å². The first kappa shape index (κ1) is 27.5. The molecule has 44 heavy (non-hydrogen) atoms. The first-order chi connectivity index (χ1) is 21.6. The Morgan fingerprint density at radius 2 is 1.41 bits per heavy atom. The van der Waals surface area contributed by atoms with Crippen LogP contribution in [-0.2, 0) is 4.79 Å². The summed E-state index contributed by atoms with van der Waals surface area (Å²) in [6, 6.07) is 39.3. The van der Waals surface area contributed by atoms with E-state index < -0.39 is 11.9 Å². The van der Waals surface area contributed by atoms with Crippen molar-refractivity contribution in [1.29, 1.82) is 0 Å². The lowest BCUT2D eigenvalue weighted by molar-refractivity contribution is -0.117. The molecule has 1 atom stereocenters. The van der Waals surface area contributed by atoms with Crippen molar-refractivity contribution in [3.05, 3.63) is 167 Å². The first-order valence-corrected chi connectivity index (χ1v) is 14.6. The largest absolute Gasteiger partial charge is 0.298 e. The van der Waals surface area contributed by atoms with Crippen LogP contribution in [0.25, 0.3) is 22.4 Å². The molecule has 5 nitrogen and oxygen atoms in total. The second kappa shape index (κ2) is 11.7. The van der Waals surface area contributed by atoms with E-state index in [9.17, 15) is 4.79 Å². The molecule has 0 spiro atoms. The number of anilines is 1. The highest BCUT2D eigenvalue weighted by Gasteiger charge is 2.35. The smallest absolute Gasteiger partial charge is 0.249 e. The van der Waals surface area contributed by atoms with E-state index in [0.717, 1.165) is 27.8 Å². The summed E-state index contributed by atoms with van der Waals surface area (Å²) >= 11 is 6.60. The van der Waals surface area contributed by atoms with E-state index in [4.69, 9.17) is 16.6 Å². The fraction of sp³-hybridized carbons (Fsp3) is 0.0541. The Labute approximate surface area is 259 Å². The van der Waals surface area contributed by atoms with Crippen molar-refractivity contribution in [2.24, 2.45) is 4.99 Å². The molecule has 1 aliphatic heterocycles. The van der Waals surface area contributed by atoms with Crippen molar-refractivity contribution >= 4 is 28.9 Å². The highest BCUT2D eigenvalue weighted by Crippen LogP contribution is 2.42. The molecule has 0 saturated carbocycles. The quantitative estimate of drug-likeness (QED) is 0.209. The van der Waals surface area contributed by atoms with Crippen LogP contribution in [0, 0.1) is 5.82 Å². The van der Waals surface area contributed by atoms with Crippen LogP contribution in [0.1, 0.15) is 28.3 Å². The van der Waals surface area contributed by atoms with Gasteiger partial charge in [0.15, 0.2) is 0 Å². The van der Waals surface area contributed by atoms with E-state index in [1.807, 2.05) is 78.9 Å². The minimum absolute atomic E-state index is 0.0813. The number of amides is 1. The molecule has 1 unspecified atom stereocenters. The molecule has 0 radical (unpaired) electrons. The number of nitrogens with zero attached hydrogens (tertiary/aromatic N) is 3. The molecule has 6 aromatic rings. The van der Waals surface area contributed by atoms with Crippen molar-refractivity contribution in [3.8, 4) is 22.4 Å². The molecule has 0 fully saturated rings. The molecule has 1 aromatic heterocycles. The summed E-state index contributed by atoms with van der Waals surface area (Å²) in [5, 5.41) is 7.84. The van der Waals surface area contributed by atoms with Gasteiger partial charge in [-0.3, -0.25) is 19.8 Å². The standard InChI is InChI=1S/C37H26ClFN4O/c38-28-19-20-30-33(21-28)43(34(44)23-40-35(30)26-11-5-2-6-12-26)37(27-17-15-25(16-18-27)24-9-3-1-4-10-24)31-22-41-42-36(31)29-13-7-8-14-32(29)39/h1-22,37H,23H2,(H,41,42). The van der Waals surface area contributed by atoms with Crippen LogP contribution in [-0.4, -0.2) is 28.4 Å². The summed E-state index contributed by atoms with van der Waals surface area (Å²) in [6.07, 6.45) is 1.67. The predicted octanol–water partition coefficient (Wildman–Crippen LogP) is 8.51. The van der Waals surface area contributed by atoms with Gasteiger partial charge in [-0.05, 0) is 47.0 Å². The summed E-state index contributed by atoms with van der Waals surface area (Å²) in [5.41, 5.74) is 7.41. The zero-order valence-corrected chi connectivity index (χ0v) is 24.2. The third kappa shape index (κ3) is 5.10. The van der Waals surface area contributed by atoms with E-state index in [1.54, 1.807) is 41.4 Å². The van der Waals surface area contributed by atoms with E-state index in [1.165, 1.54) is 6.07 Å². The lowest BCUT2D eigenvalue weighted by Crippen LogP contribution is -2.37. The van der Waals surface area contributed by atoms with Gasteiger partial charge in [0.25, 0.3) is 0 Å². The fourth-order valence-corrected chi connectivity index (χ4v) is 5.98. The van der Waals surface area contributed by atoms with Crippen molar-refractivity contribution in [1.82, 2.24) is 10.2 Å². The summed E-state index contributed by atoms with van der Waals surface area (Å²) in [6.45, 7) is -0.0813. The summed E-state index contributed by atoms with van der Waals surface area (Å²) in [5.74, 6) is -0.617. The highest BCUT2D eigenvalue weighted by atomic mass is 35.5. The van der Waals surface area contributed by atoms with Crippen LogP contribution in [0.2, 0.25) is 5.02 Å². The monoisotopic (exact) mass is 596 g/mol. The molecule has 5 aromatic carbocycles. The van der Waals surface area contributed by atoms with Crippen LogP contribution < -0.4 is 4.90 Å². The number of halogens is 2. The average molecular weight is 597 g/mol. The van der Waals surface area contributed by atoms with Gasteiger partial charge in [-0.25, -0.2) is 4.39 Å². The molecule has 7 rings (SSSR count). The second-order valence-electron chi connectivity index (χ2n) is 10.5. The normalized spacial score (nSPS) is 13.6. The van der Waals surface area contributed by atoms with Gasteiger partial charge in [0.2, 0.25) is 5.91 Å². The Balaban J connectivity index is 1.44. The van der Waals surface area contributed by atoms with E-state index in [2.05, 4.69) is 22.3 Å². The van der Waals surface area contributed by atoms with Crippen molar-refractivity contribution in [2.45, 2.75) is 6.04 Å². The molecule has 0 aliphatic carbocycles. The number of rotatable bonds is 6. The molecule has 2 heterocycles. The Kier molecular flexibility index (Phi) is 7.34. The van der Waals surface area contributed by atoms with Crippen LogP contribution in [0.3, 0.4) is 0 Å². The van der Waals surface area contributed by atoms with Gasteiger partial charge in [0, 0.05) is 27.3 Å². The topological polar surface area (TPSA) is 61.4 Å². The van der Waals surface area contributed by atoms with Gasteiger partial charge in [-0.1, -0.05) is 109 Å². The molecule has 0 saturated heterocycles. The van der Waals surface area contributed by atoms with Crippen LogP contribution in [0.5, 0.6) is 0 Å². The molecule has 1 aliphatic rings. The number of benzene rings is 5. The van der Waals surface area contributed by atoms with Crippen molar-refractivity contribution in [3.63, 3.8) is 0 Å². The molecule has 1 N–H and O–H groups in total. The van der Waals surface area contributed by atoms with Gasteiger partial charge in [0.1, 0.15) is 12.4 Å². The zero-order valence-electron chi connectivity index (χ0n) is 23.5. The number of benzodiazepines with no additional fused rings is 1. The lowest BCUT2D eigenvalue weighted by atomic mass is 9.91. The summed E-state index contributed by atoms with van der Waals surface area (Å²) in [7, 11) is 0.